The molecule has 1 rings (SSSR count). The van der Waals surface area contributed by atoms with Gasteiger partial charge in [0, 0.05) is 18.4 Å². The molecule has 100 valence electrons. The lowest BCUT2D eigenvalue weighted by Crippen LogP contribution is -2.22. The fourth-order valence-corrected chi connectivity index (χ4v) is 2.54. The fourth-order valence-electron chi connectivity index (χ4n) is 1.68. The van der Waals surface area contributed by atoms with Gasteiger partial charge in [0.2, 0.25) is 0 Å². The summed E-state index contributed by atoms with van der Waals surface area (Å²) in [4.78, 5) is 11.0. The highest BCUT2D eigenvalue weighted by Gasteiger charge is 2.26. The van der Waals surface area contributed by atoms with Crippen molar-refractivity contribution in [3.8, 4) is 5.75 Å². The smallest absolute Gasteiger partial charge is 0.312 e. The van der Waals surface area contributed by atoms with Crippen molar-refractivity contribution < 1.29 is 23.1 Å². The van der Waals surface area contributed by atoms with Gasteiger partial charge in [-0.1, -0.05) is 12.1 Å². The first kappa shape index (κ1) is 14.5. The zero-order valence-corrected chi connectivity index (χ0v) is 10.9. The number of carboxylic acids is 1. The van der Waals surface area contributed by atoms with Gasteiger partial charge < -0.3 is 15.6 Å². The van der Waals surface area contributed by atoms with E-state index in [9.17, 15) is 13.2 Å². The van der Waals surface area contributed by atoms with Crippen molar-refractivity contribution in [1.82, 2.24) is 0 Å². The third-order valence-corrected chi connectivity index (χ3v) is 3.64. The molecule has 1 aromatic rings. The fraction of sp³-hybridized carbons (Fsp3) is 0.364. The van der Waals surface area contributed by atoms with Gasteiger partial charge in [0.25, 0.3) is 0 Å². The highest BCUT2D eigenvalue weighted by molar-refractivity contribution is 7.90. The van der Waals surface area contributed by atoms with Crippen LogP contribution in [-0.2, 0) is 14.6 Å². The summed E-state index contributed by atoms with van der Waals surface area (Å²) >= 11 is 0. The predicted molar refractivity (Wildman–Crippen MR) is 65.5 cm³/mol. The first-order chi connectivity index (χ1) is 8.32. The van der Waals surface area contributed by atoms with Crippen LogP contribution in [0.3, 0.4) is 0 Å². The largest absolute Gasteiger partial charge is 0.495 e. The third-order valence-electron chi connectivity index (χ3n) is 2.52. The van der Waals surface area contributed by atoms with Crippen molar-refractivity contribution in [2.75, 3.05) is 19.9 Å². The van der Waals surface area contributed by atoms with Gasteiger partial charge in [-0.2, -0.15) is 0 Å². The molecule has 0 radical (unpaired) electrons. The van der Waals surface area contributed by atoms with Gasteiger partial charge >= 0.3 is 5.97 Å². The van der Waals surface area contributed by atoms with Crippen molar-refractivity contribution in [1.29, 1.82) is 0 Å². The van der Waals surface area contributed by atoms with Crippen LogP contribution in [-0.4, -0.2) is 39.4 Å². The Labute approximate surface area is 105 Å². The Morgan fingerprint density at radius 1 is 1.50 bits per heavy atom. The number of ether oxygens (including phenoxy) is 1. The number of methoxy groups -OCH3 is 1. The number of rotatable bonds is 5. The maximum absolute atomic E-state index is 11.6. The number of para-hydroxylation sites is 1. The maximum atomic E-state index is 11.6. The average Bonchev–Trinajstić information content (AvgIpc) is 2.28. The minimum atomic E-state index is -3.49. The van der Waals surface area contributed by atoms with Crippen molar-refractivity contribution in [2.45, 2.75) is 10.8 Å². The minimum Gasteiger partial charge on any atom is -0.495 e. The number of benzene rings is 1. The molecule has 0 aliphatic rings. The van der Waals surface area contributed by atoms with Crippen LogP contribution in [0.25, 0.3) is 0 Å². The van der Waals surface area contributed by atoms with Gasteiger partial charge in [-0.25, -0.2) is 8.42 Å². The quantitative estimate of drug-likeness (QED) is 0.795. The van der Waals surface area contributed by atoms with Gasteiger partial charge in [-0.3, -0.25) is 4.79 Å². The number of hydrogen-bond acceptors (Lipinski definition) is 5. The van der Waals surface area contributed by atoms with Crippen LogP contribution >= 0.6 is 0 Å². The van der Waals surface area contributed by atoms with Crippen LogP contribution in [0.15, 0.2) is 23.1 Å². The van der Waals surface area contributed by atoms with E-state index in [1.807, 2.05) is 0 Å². The molecule has 0 spiro atoms. The standard InChI is InChI=1S/C11H15NO5S/c1-17-10-7(8(6-12)11(13)14)4-3-5-9(10)18(2,15)16/h3-5,8H,6,12H2,1-2H3,(H,13,14). The predicted octanol–water partition coefficient (Wildman–Crippen LogP) is 0.226. The van der Waals surface area contributed by atoms with Gasteiger partial charge in [0.05, 0.1) is 13.0 Å². The monoisotopic (exact) mass is 273 g/mol. The van der Waals surface area contributed by atoms with Crippen LogP contribution in [0, 0.1) is 0 Å². The lowest BCUT2D eigenvalue weighted by molar-refractivity contribution is -0.138. The number of sulfone groups is 1. The lowest BCUT2D eigenvalue weighted by Gasteiger charge is -2.16. The topological polar surface area (TPSA) is 107 Å². The molecule has 1 unspecified atom stereocenters. The van der Waals surface area contributed by atoms with E-state index in [4.69, 9.17) is 15.6 Å². The minimum absolute atomic E-state index is 0.0396. The van der Waals surface area contributed by atoms with Crippen LogP contribution in [0.5, 0.6) is 5.75 Å². The molecule has 0 aromatic heterocycles. The summed E-state index contributed by atoms with van der Waals surface area (Å²) in [5.41, 5.74) is 5.66. The van der Waals surface area contributed by atoms with E-state index in [0.29, 0.717) is 0 Å². The summed E-state index contributed by atoms with van der Waals surface area (Å²) in [6.45, 7) is -0.140. The van der Waals surface area contributed by atoms with Crippen LogP contribution in [0.2, 0.25) is 0 Å². The number of carbonyl (C=O) groups is 1. The Morgan fingerprint density at radius 2 is 2.11 bits per heavy atom. The van der Waals surface area contributed by atoms with E-state index in [1.54, 1.807) is 0 Å². The van der Waals surface area contributed by atoms with Crippen molar-refractivity contribution >= 4 is 15.8 Å². The molecule has 1 aromatic carbocycles. The third kappa shape index (κ3) is 2.80. The molecule has 3 N–H and O–H groups in total. The van der Waals surface area contributed by atoms with Gasteiger partial charge in [0.15, 0.2) is 9.84 Å². The Kier molecular flexibility index (Phi) is 4.31. The molecular formula is C11H15NO5S. The zero-order chi connectivity index (χ0) is 13.9. The molecule has 0 saturated heterocycles. The van der Waals surface area contributed by atoms with Crippen molar-refractivity contribution in [2.24, 2.45) is 5.73 Å². The first-order valence-corrected chi connectivity index (χ1v) is 7.02. The molecule has 0 amide bonds. The SMILES string of the molecule is COc1c(C(CN)C(=O)O)cccc1S(C)(=O)=O. The van der Waals surface area contributed by atoms with Crippen molar-refractivity contribution in [3.05, 3.63) is 23.8 Å². The number of hydrogen-bond donors (Lipinski definition) is 2. The summed E-state index contributed by atoms with van der Waals surface area (Å²) in [6.07, 6.45) is 1.03. The molecule has 0 aliphatic carbocycles. The van der Waals surface area contributed by atoms with Crippen LogP contribution < -0.4 is 10.5 Å². The molecule has 7 heteroatoms. The normalized spacial score (nSPS) is 13.1. The van der Waals surface area contributed by atoms with E-state index in [-0.39, 0.29) is 22.8 Å². The number of aliphatic carboxylic acids is 1. The van der Waals surface area contributed by atoms with Gasteiger partial charge in [-0.05, 0) is 6.07 Å². The van der Waals surface area contributed by atoms with E-state index < -0.39 is 21.7 Å². The summed E-state index contributed by atoms with van der Waals surface area (Å²) in [5.74, 6) is -2.08. The number of nitrogens with two attached hydrogens (primary N) is 1. The first-order valence-electron chi connectivity index (χ1n) is 5.12. The summed E-state index contributed by atoms with van der Waals surface area (Å²) in [6, 6.07) is 4.34. The summed E-state index contributed by atoms with van der Waals surface area (Å²) < 4.78 is 28.2. The van der Waals surface area contributed by atoms with E-state index in [0.717, 1.165) is 6.26 Å². The molecular weight excluding hydrogens is 258 g/mol. The second kappa shape index (κ2) is 5.36. The molecule has 18 heavy (non-hydrogen) atoms. The van der Waals surface area contributed by atoms with E-state index in [1.165, 1.54) is 25.3 Å². The maximum Gasteiger partial charge on any atom is 0.312 e. The molecule has 0 bridgehead atoms. The second-order valence-electron chi connectivity index (χ2n) is 3.78. The van der Waals surface area contributed by atoms with Crippen LogP contribution in [0.4, 0.5) is 0 Å². The molecule has 0 saturated carbocycles. The van der Waals surface area contributed by atoms with Gasteiger partial charge in [-0.15, -0.1) is 0 Å². The second-order valence-corrected chi connectivity index (χ2v) is 5.76. The molecule has 6 nitrogen and oxygen atoms in total. The molecule has 1 atom stereocenters. The molecule has 0 fully saturated rings. The zero-order valence-electron chi connectivity index (χ0n) is 10.1. The van der Waals surface area contributed by atoms with Gasteiger partial charge in [0.1, 0.15) is 10.6 Å². The Morgan fingerprint density at radius 3 is 2.50 bits per heavy atom. The van der Waals surface area contributed by atoms with E-state index in [2.05, 4.69) is 0 Å². The summed E-state index contributed by atoms with van der Waals surface area (Å²) in [7, 11) is -2.20. The highest BCUT2D eigenvalue weighted by Crippen LogP contribution is 2.32. The highest BCUT2D eigenvalue weighted by atomic mass is 32.2. The van der Waals surface area contributed by atoms with Crippen molar-refractivity contribution in [3.63, 3.8) is 0 Å². The molecule has 0 aliphatic heterocycles. The Balaban J connectivity index is 3.51. The van der Waals surface area contributed by atoms with E-state index >= 15 is 0 Å². The average molecular weight is 273 g/mol. The Hall–Kier alpha value is -1.60. The van der Waals surface area contributed by atoms with Crippen LogP contribution in [0.1, 0.15) is 11.5 Å². The Bertz CT molecular complexity index is 553. The lowest BCUT2D eigenvalue weighted by atomic mass is 9.98. The summed E-state index contributed by atoms with van der Waals surface area (Å²) in [5, 5.41) is 9.06. The number of carboxylic acid groups (broad SMARTS) is 1. The molecule has 0 heterocycles.